The molecule has 0 radical (unpaired) electrons. The lowest BCUT2D eigenvalue weighted by Crippen LogP contribution is -2.40. The molecule has 0 N–H and O–H groups in total. The van der Waals surface area contributed by atoms with Crippen LogP contribution in [-0.2, 0) is 14.3 Å². The Hall–Kier alpha value is -1.84. The van der Waals surface area contributed by atoms with Gasteiger partial charge in [0.05, 0.1) is 7.11 Å². The molecule has 1 rings (SSSR count). The van der Waals surface area contributed by atoms with E-state index in [4.69, 9.17) is 4.74 Å². The van der Waals surface area contributed by atoms with E-state index in [1.807, 2.05) is 45.0 Å². The monoisotopic (exact) mass is 263 g/mol. The van der Waals surface area contributed by atoms with Gasteiger partial charge in [0.1, 0.15) is 5.92 Å². The average Bonchev–Trinajstić information content (AvgIpc) is 2.38. The summed E-state index contributed by atoms with van der Waals surface area (Å²) in [6.07, 6.45) is 0. The molecule has 0 saturated heterocycles. The molecule has 0 aromatic heterocycles. The molecule has 0 spiro atoms. The van der Waals surface area contributed by atoms with Crippen LogP contribution in [-0.4, -0.2) is 26.0 Å². The van der Waals surface area contributed by atoms with Gasteiger partial charge in [-0.3, -0.25) is 9.59 Å². The van der Waals surface area contributed by atoms with Crippen molar-refractivity contribution in [3.05, 3.63) is 29.8 Å². The zero-order valence-electron chi connectivity index (χ0n) is 12.1. The Labute approximate surface area is 114 Å². The Balaban J connectivity index is 2.96. The van der Waals surface area contributed by atoms with Crippen LogP contribution in [0.3, 0.4) is 0 Å². The van der Waals surface area contributed by atoms with E-state index in [0.29, 0.717) is 0 Å². The lowest BCUT2D eigenvalue weighted by Gasteiger charge is -2.24. The van der Waals surface area contributed by atoms with Gasteiger partial charge >= 0.3 is 5.97 Å². The van der Waals surface area contributed by atoms with Crippen LogP contribution in [0.15, 0.2) is 24.3 Å². The lowest BCUT2D eigenvalue weighted by atomic mass is 9.94. The molecule has 1 aromatic rings. The number of carbonyl (C=O) groups is 2. The summed E-state index contributed by atoms with van der Waals surface area (Å²) in [5.74, 6) is -1.60. The number of methoxy groups -OCH3 is 1. The normalized spacial score (nSPS) is 12.1. The number of carbonyl (C=O) groups excluding carboxylic acids is 2. The molecule has 0 aliphatic heterocycles. The van der Waals surface area contributed by atoms with Crippen LogP contribution in [0.2, 0.25) is 0 Å². The summed E-state index contributed by atoms with van der Waals surface area (Å²) in [6, 6.07) is 7.59. The highest BCUT2D eigenvalue weighted by molar-refractivity contribution is 6.06. The number of amides is 1. The highest BCUT2D eigenvalue weighted by Crippen LogP contribution is 2.20. The summed E-state index contributed by atoms with van der Waals surface area (Å²) in [5, 5.41) is 0. The zero-order valence-corrected chi connectivity index (χ0v) is 12.1. The molecule has 0 heterocycles. The number of ether oxygens (including phenoxy) is 1. The third-order valence-corrected chi connectivity index (χ3v) is 3.14. The molecule has 19 heavy (non-hydrogen) atoms. The van der Waals surface area contributed by atoms with Crippen LogP contribution in [0.25, 0.3) is 0 Å². The Bertz CT molecular complexity index is 451. The van der Waals surface area contributed by atoms with Crippen molar-refractivity contribution >= 4 is 17.6 Å². The third kappa shape index (κ3) is 3.56. The molecule has 0 saturated carbocycles. The minimum absolute atomic E-state index is 0.104. The Morgan fingerprint density at radius 2 is 1.68 bits per heavy atom. The largest absolute Gasteiger partial charge is 0.468 e. The van der Waals surface area contributed by atoms with E-state index in [-0.39, 0.29) is 11.8 Å². The van der Waals surface area contributed by atoms with Crippen molar-refractivity contribution < 1.29 is 14.3 Å². The molecule has 4 heteroatoms. The molecule has 0 bridgehead atoms. The van der Waals surface area contributed by atoms with Crippen molar-refractivity contribution in [2.45, 2.75) is 20.8 Å². The van der Waals surface area contributed by atoms with Gasteiger partial charge in [0.15, 0.2) is 0 Å². The van der Waals surface area contributed by atoms with Crippen LogP contribution in [0.5, 0.6) is 0 Å². The fourth-order valence-electron chi connectivity index (χ4n) is 1.89. The molecule has 4 nitrogen and oxygen atoms in total. The van der Waals surface area contributed by atoms with Crippen molar-refractivity contribution in [3.63, 3.8) is 0 Å². The van der Waals surface area contributed by atoms with Crippen LogP contribution < -0.4 is 4.90 Å². The average molecular weight is 263 g/mol. The van der Waals surface area contributed by atoms with Gasteiger partial charge in [-0.25, -0.2) is 0 Å². The summed E-state index contributed by atoms with van der Waals surface area (Å²) in [5.41, 5.74) is 1.89. The minimum atomic E-state index is -0.767. The maximum Gasteiger partial charge on any atom is 0.318 e. The van der Waals surface area contributed by atoms with Crippen LogP contribution in [0.1, 0.15) is 19.4 Å². The second-order valence-corrected chi connectivity index (χ2v) is 4.98. The van der Waals surface area contributed by atoms with Gasteiger partial charge < -0.3 is 9.64 Å². The van der Waals surface area contributed by atoms with Gasteiger partial charge in [-0.05, 0) is 25.0 Å². The Morgan fingerprint density at radius 3 is 2.11 bits per heavy atom. The van der Waals surface area contributed by atoms with Gasteiger partial charge in [-0.15, -0.1) is 0 Å². The van der Waals surface area contributed by atoms with Crippen molar-refractivity contribution in [1.29, 1.82) is 0 Å². The summed E-state index contributed by atoms with van der Waals surface area (Å²) < 4.78 is 4.71. The maximum absolute atomic E-state index is 12.4. The number of esters is 1. The van der Waals surface area contributed by atoms with Crippen LogP contribution >= 0.6 is 0 Å². The van der Waals surface area contributed by atoms with Crippen molar-refractivity contribution in [2.24, 2.45) is 11.8 Å². The first kappa shape index (κ1) is 15.2. The number of hydrogen-bond donors (Lipinski definition) is 0. The van der Waals surface area contributed by atoms with E-state index < -0.39 is 11.9 Å². The van der Waals surface area contributed by atoms with E-state index >= 15 is 0 Å². The predicted octanol–water partition coefficient (Wildman–Crippen LogP) is 2.40. The second kappa shape index (κ2) is 6.36. The molecular weight excluding hydrogens is 242 g/mol. The van der Waals surface area contributed by atoms with E-state index in [1.54, 1.807) is 7.05 Å². The highest BCUT2D eigenvalue weighted by atomic mass is 16.5. The second-order valence-electron chi connectivity index (χ2n) is 4.98. The molecule has 1 atom stereocenters. The zero-order chi connectivity index (χ0) is 14.6. The Kier molecular flexibility index (Phi) is 5.10. The van der Waals surface area contributed by atoms with E-state index in [2.05, 4.69) is 0 Å². The van der Waals surface area contributed by atoms with E-state index in [1.165, 1.54) is 12.0 Å². The first-order chi connectivity index (χ1) is 8.88. The first-order valence-electron chi connectivity index (χ1n) is 6.30. The van der Waals surface area contributed by atoms with Crippen LogP contribution in [0.4, 0.5) is 5.69 Å². The van der Waals surface area contributed by atoms with E-state index in [0.717, 1.165) is 11.3 Å². The Morgan fingerprint density at radius 1 is 1.16 bits per heavy atom. The van der Waals surface area contributed by atoms with Gasteiger partial charge in [0, 0.05) is 12.7 Å². The lowest BCUT2D eigenvalue weighted by molar-refractivity contribution is -0.151. The molecule has 1 amide bonds. The maximum atomic E-state index is 12.4. The summed E-state index contributed by atoms with van der Waals surface area (Å²) in [6.45, 7) is 5.65. The number of benzene rings is 1. The molecular formula is C15H21NO3. The van der Waals surface area contributed by atoms with Crippen molar-refractivity contribution in [3.8, 4) is 0 Å². The minimum Gasteiger partial charge on any atom is -0.468 e. The number of hydrogen-bond acceptors (Lipinski definition) is 3. The van der Waals surface area contributed by atoms with Gasteiger partial charge in [-0.2, -0.15) is 0 Å². The smallest absolute Gasteiger partial charge is 0.318 e. The fraction of sp³-hybridized carbons (Fsp3) is 0.467. The predicted molar refractivity (Wildman–Crippen MR) is 74.9 cm³/mol. The molecule has 1 unspecified atom stereocenters. The molecule has 0 aliphatic rings. The summed E-state index contributed by atoms with van der Waals surface area (Å²) in [7, 11) is 2.97. The quantitative estimate of drug-likeness (QED) is 0.619. The number of nitrogens with zero attached hydrogens (tertiary/aromatic N) is 1. The van der Waals surface area contributed by atoms with E-state index in [9.17, 15) is 9.59 Å². The van der Waals surface area contributed by atoms with Gasteiger partial charge in [-0.1, -0.05) is 31.5 Å². The van der Waals surface area contributed by atoms with Crippen molar-refractivity contribution in [1.82, 2.24) is 0 Å². The molecule has 0 fully saturated rings. The van der Waals surface area contributed by atoms with Crippen LogP contribution in [0, 0.1) is 18.8 Å². The number of anilines is 1. The number of aryl methyl sites for hydroxylation is 1. The first-order valence-corrected chi connectivity index (χ1v) is 6.30. The topological polar surface area (TPSA) is 46.6 Å². The molecule has 1 aromatic carbocycles. The standard InChI is InChI=1S/C15H21NO3/c1-10(2)13(15(18)19-5)14(17)16(4)12-8-6-11(3)7-9-12/h6-10,13H,1-5H3. The summed E-state index contributed by atoms with van der Waals surface area (Å²) >= 11 is 0. The molecule has 104 valence electrons. The van der Waals surface area contributed by atoms with Crippen molar-refractivity contribution in [2.75, 3.05) is 19.1 Å². The summed E-state index contributed by atoms with van der Waals surface area (Å²) in [4.78, 5) is 25.6. The van der Waals surface area contributed by atoms with Gasteiger partial charge in [0.25, 0.3) is 0 Å². The SMILES string of the molecule is COC(=O)C(C(=O)N(C)c1ccc(C)cc1)C(C)C. The van der Waals surface area contributed by atoms with Gasteiger partial charge in [0.2, 0.25) is 5.91 Å². The third-order valence-electron chi connectivity index (χ3n) is 3.14. The molecule has 0 aliphatic carbocycles. The fourth-order valence-corrected chi connectivity index (χ4v) is 1.89. The number of rotatable bonds is 4. The highest BCUT2D eigenvalue weighted by Gasteiger charge is 2.33.